The SMILES string of the molecule is Cn1c(=O)[nH]c(=O)c2[nH]c(CCCc3cccs3)nc21. The van der Waals surface area contributed by atoms with Crippen molar-refractivity contribution in [1.82, 2.24) is 19.5 Å². The summed E-state index contributed by atoms with van der Waals surface area (Å²) in [5.74, 6) is 0.739. The van der Waals surface area contributed by atoms with Gasteiger partial charge in [-0.25, -0.2) is 9.78 Å². The summed E-state index contributed by atoms with van der Waals surface area (Å²) < 4.78 is 1.34. The fourth-order valence-corrected chi connectivity index (χ4v) is 2.91. The van der Waals surface area contributed by atoms with E-state index in [0.29, 0.717) is 11.2 Å². The van der Waals surface area contributed by atoms with E-state index in [2.05, 4.69) is 26.4 Å². The maximum absolute atomic E-state index is 11.7. The van der Waals surface area contributed by atoms with E-state index in [9.17, 15) is 9.59 Å². The standard InChI is InChI=1S/C13H14N4O2S/c1-17-11-10(12(18)16-13(17)19)14-9(15-11)6-2-4-8-5-3-7-20-8/h3,5,7H,2,4,6H2,1H3,(H,14,15)(H,16,18,19). The first-order chi connectivity index (χ1) is 9.65. The van der Waals surface area contributed by atoms with Crippen molar-refractivity contribution in [3.63, 3.8) is 0 Å². The molecule has 6 nitrogen and oxygen atoms in total. The molecule has 0 fully saturated rings. The summed E-state index contributed by atoms with van der Waals surface area (Å²) in [6.07, 6.45) is 2.69. The molecule has 0 aliphatic heterocycles. The number of thiophene rings is 1. The number of rotatable bonds is 4. The molecule has 3 aromatic rings. The Labute approximate surface area is 118 Å². The minimum atomic E-state index is -0.445. The van der Waals surface area contributed by atoms with Crippen LogP contribution in [0.2, 0.25) is 0 Å². The second kappa shape index (κ2) is 5.09. The zero-order valence-corrected chi connectivity index (χ0v) is 11.8. The van der Waals surface area contributed by atoms with Crippen LogP contribution in [0.5, 0.6) is 0 Å². The maximum Gasteiger partial charge on any atom is 0.329 e. The Morgan fingerprint density at radius 1 is 1.30 bits per heavy atom. The molecule has 0 radical (unpaired) electrons. The molecule has 0 amide bonds. The summed E-state index contributed by atoms with van der Waals surface area (Å²) in [6.45, 7) is 0. The van der Waals surface area contributed by atoms with Crippen molar-refractivity contribution >= 4 is 22.5 Å². The zero-order chi connectivity index (χ0) is 14.1. The first-order valence-electron chi connectivity index (χ1n) is 6.35. The number of imidazole rings is 1. The summed E-state index contributed by atoms with van der Waals surface area (Å²) in [5, 5.41) is 2.06. The Morgan fingerprint density at radius 3 is 2.90 bits per heavy atom. The molecule has 0 saturated carbocycles. The lowest BCUT2D eigenvalue weighted by molar-refractivity contribution is 0.788. The molecular formula is C13H14N4O2S. The second-order valence-electron chi connectivity index (χ2n) is 4.63. The van der Waals surface area contributed by atoms with Crippen LogP contribution >= 0.6 is 11.3 Å². The first kappa shape index (κ1) is 12.9. The van der Waals surface area contributed by atoms with Gasteiger partial charge in [0.05, 0.1) is 0 Å². The van der Waals surface area contributed by atoms with Crippen LogP contribution in [-0.4, -0.2) is 19.5 Å². The minimum absolute atomic E-state index is 0.359. The third-order valence-corrected chi connectivity index (χ3v) is 4.16. The van der Waals surface area contributed by atoms with Gasteiger partial charge in [-0.3, -0.25) is 14.3 Å². The molecule has 0 unspecified atom stereocenters. The lowest BCUT2D eigenvalue weighted by Gasteiger charge is -1.95. The third-order valence-electron chi connectivity index (χ3n) is 3.22. The summed E-state index contributed by atoms with van der Waals surface area (Å²) in [5.41, 5.74) is -0.0951. The van der Waals surface area contributed by atoms with E-state index in [1.165, 1.54) is 9.44 Å². The molecule has 7 heteroatoms. The van der Waals surface area contributed by atoms with Crippen LogP contribution in [0.3, 0.4) is 0 Å². The van der Waals surface area contributed by atoms with Crippen molar-refractivity contribution in [3.8, 4) is 0 Å². The Bertz CT molecular complexity index is 841. The molecule has 3 aromatic heterocycles. The molecule has 104 valence electrons. The molecule has 20 heavy (non-hydrogen) atoms. The average Bonchev–Trinajstić information content (AvgIpc) is 3.05. The summed E-state index contributed by atoms with van der Waals surface area (Å²) in [4.78, 5) is 34.1. The molecule has 2 N–H and O–H groups in total. The number of nitrogens with zero attached hydrogens (tertiary/aromatic N) is 2. The average molecular weight is 290 g/mol. The number of fused-ring (bicyclic) bond motifs is 1. The van der Waals surface area contributed by atoms with Gasteiger partial charge in [0.2, 0.25) is 0 Å². The molecule has 0 aliphatic carbocycles. The van der Waals surface area contributed by atoms with Gasteiger partial charge < -0.3 is 4.98 Å². The highest BCUT2D eigenvalue weighted by atomic mass is 32.1. The third kappa shape index (κ3) is 2.32. The minimum Gasteiger partial charge on any atom is -0.336 e. The van der Waals surface area contributed by atoms with Gasteiger partial charge in [-0.15, -0.1) is 11.3 Å². The second-order valence-corrected chi connectivity index (χ2v) is 5.67. The van der Waals surface area contributed by atoms with Gasteiger partial charge in [-0.1, -0.05) is 6.07 Å². The van der Waals surface area contributed by atoms with Gasteiger partial charge >= 0.3 is 5.69 Å². The number of hydrogen-bond donors (Lipinski definition) is 2. The van der Waals surface area contributed by atoms with E-state index < -0.39 is 11.2 Å². The van der Waals surface area contributed by atoms with Crippen LogP contribution in [-0.2, 0) is 19.9 Å². The maximum atomic E-state index is 11.7. The van der Waals surface area contributed by atoms with Crippen molar-refractivity contribution in [2.75, 3.05) is 0 Å². The van der Waals surface area contributed by atoms with Crippen LogP contribution in [0.15, 0.2) is 27.1 Å². The predicted molar refractivity (Wildman–Crippen MR) is 78.3 cm³/mol. The van der Waals surface area contributed by atoms with Crippen molar-refractivity contribution < 1.29 is 0 Å². The molecule has 0 atom stereocenters. The predicted octanol–water partition coefficient (Wildman–Crippen LogP) is 1.19. The van der Waals surface area contributed by atoms with Crippen LogP contribution in [0.4, 0.5) is 0 Å². The van der Waals surface area contributed by atoms with E-state index in [4.69, 9.17) is 0 Å². The van der Waals surface area contributed by atoms with Gasteiger partial charge in [0.25, 0.3) is 5.56 Å². The van der Waals surface area contributed by atoms with E-state index in [1.807, 2.05) is 6.07 Å². The number of hydrogen-bond acceptors (Lipinski definition) is 4. The van der Waals surface area contributed by atoms with Crippen molar-refractivity contribution in [3.05, 3.63) is 49.1 Å². The van der Waals surface area contributed by atoms with Gasteiger partial charge in [-0.2, -0.15) is 0 Å². The zero-order valence-electron chi connectivity index (χ0n) is 11.0. The van der Waals surface area contributed by atoms with Gasteiger partial charge in [0.1, 0.15) is 11.3 Å². The summed E-state index contributed by atoms with van der Waals surface area (Å²) >= 11 is 1.74. The molecule has 0 bridgehead atoms. The largest absolute Gasteiger partial charge is 0.336 e. The topological polar surface area (TPSA) is 83.5 Å². The van der Waals surface area contributed by atoms with Crippen molar-refractivity contribution in [2.45, 2.75) is 19.3 Å². The first-order valence-corrected chi connectivity index (χ1v) is 7.23. The van der Waals surface area contributed by atoms with E-state index in [-0.39, 0.29) is 0 Å². The van der Waals surface area contributed by atoms with Crippen molar-refractivity contribution in [2.24, 2.45) is 7.05 Å². The monoisotopic (exact) mass is 290 g/mol. The summed E-state index contributed by atoms with van der Waals surface area (Å²) in [6, 6.07) is 4.15. The molecule has 0 aliphatic rings. The van der Waals surface area contributed by atoms with E-state index in [0.717, 1.165) is 25.1 Å². The molecular weight excluding hydrogens is 276 g/mol. The Morgan fingerprint density at radius 2 is 2.15 bits per heavy atom. The van der Waals surface area contributed by atoms with E-state index >= 15 is 0 Å². The number of nitrogens with one attached hydrogen (secondary N) is 2. The molecule has 3 heterocycles. The quantitative estimate of drug-likeness (QED) is 0.757. The molecule has 0 saturated heterocycles. The van der Waals surface area contributed by atoms with Crippen LogP contribution in [0.1, 0.15) is 17.1 Å². The highest BCUT2D eigenvalue weighted by molar-refractivity contribution is 7.09. The number of aromatic amines is 2. The molecule has 0 spiro atoms. The van der Waals surface area contributed by atoms with Crippen molar-refractivity contribution in [1.29, 1.82) is 0 Å². The molecule has 0 aromatic carbocycles. The van der Waals surface area contributed by atoms with Crippen LogP contribution < -0.4 is 11.2 Å². The Balaban J connectivity index is 1.83. The smallest absolute Gasteiger partial charge is 0.329 e. The van der Waals surface area contributed by atoms with Gasteiger partial charge in [0, 0.05) is 18.3 Å². The summed E-state index contributed by atoms with van der Waals surface area (Å²) in [7, 11) is 1.59. The highest BCUT2D eigenvalue weighted by Gasteiger charge is 2.10. The lowest BCUT2D eigenvalue weighted by atomic mass is 10.2. The van der Waals surface area contributed by atoms with Gasteiger partial charge in [0.15, 0.2) is 5.65 Å². The molecule has 3 rings (SSSR count). The number of aromatic nitrogens is 4. The highest BCUT2D eigenvalue weighted by Crippen LogP contribution is 2.13. The fraction of sp³-hybridized carbons (Fsp3) is 0.308. The lowest BCUT2D eigenvalue weighted by Crippen LogP contribution is -2.28. The van der Waals surface area contributed by atoms with Crippen LogP contribution in [0, 0.1) is 0 Å². The number of H-pyrrole nitrogens is 2. The Kier molecular flexibility index (Phi) is 3.27. The van der Waals surface area contributed by atoms with Gasteiger partial charge in [-0.05, 0) is 24.3 Å². The number of aryl methyl sites for hydroxylation is 3. The normalized spacial score (nSPS) is 11.2. The van der Waals surface area contributed by atoms with E-state index in [1.54, 1.807) is 18.4 Å². The van der Waals surface area contributed by atoms with Crippen LogP contribution in [0.25, 0.3) is 11.2 Å². The fourth-order valence-electron chi connectivity index (χ4n) is 2.16. The Hall–Kier alpha value is -2.15.